The number of benzene rings is 2. The Morgan fingerprint density at radius 2 is 1.96 bits per heavy atom. The van der Waals surface area contributed by atoms with Crippen LogP contribution < -0.4 is 10.1 Å². The predicted molar refractivity (Wildman–Crippen MR) is 113 cm³/mol. The van der Waals surface area contributed by atoms with Gasteiger partial charge in [0.15, 0.2) is 0 Å². The molecule has 1 N–H and O–H groups in total. The summed E-state index contributed by atoms with van der Waals surface area (Å²) in [4.78, 5) is 14.7. The third-order valence-corrected chi connectivity index (χ3v) is 5.59. The van der Waals surface area contributed by atoms with Gasteiger partial charge in [-0.1, -0.05) is 59.3 Å². The number of methoxy groups -OCH3 is 1. The zero-order chi connectivity index (χ0) is 18.7. The lowest BCUT2D eigenvalue weighted by Crippen LogP contribution is -2.33. The fourth-order valence-electron chi connectivity index (χ4n) is 2.29. The van der Waals surface area contributed by atoms with Crippen molar-refractivity contribution in [3.8, 4) is 5.75 Å². The third kappa shape index (κ3) is 4.32. The average molecular weight is 425 g/mol. The summed E-state index contributed by atoms with van der Waals surface area (Å²) in [5, 5.41) is 4.18. The minimum atomic E-state index is -0.151. The van der Waals surface area contributed by atoms with E-state index in [2.05, 4.69) is 5.32 Å². The van der Waals surface area contributed by atoms with Crippen LogP contribution in [0.4, 0.5) is 5.69 Å². The van der Waals surface area contributed by atoms with Gasteiger partial charge in [0.1, 0.15) is 10.1 Å². The lowest BCUT2D eigenvalue weighted by atomic mass is 10.2. The molecule has 2 aromatic carbocycles. The molecule has 1 amide bonds. The molecule has 0 aromatic heterocycles. The first kappa shape index (κ1) is 19.0. The molecule has 0 bridgehead atoms. The van der Waals surface area contributed by atoms with E-state index in [0.717, 1.165) is 11.3 Å². The maximum atomic E-state index is 12.6. The summed E-state index contributed by atoms with van der Waals surface area (Å²) in [6.07, 6.45) is 1.81. The molecule has 2 aromatic rings. The van der Waals surface area contributed by atoms with Crippen molar-refractivity contribution < 1.29 is 9.53 Å². The molecule has 134 valence electrons. The molecule has 0 aliphatic carbocycles. The van der Waals surface area contributed by atoms with E-state index in [-0.39, 0.29) is 12.6 Å². The molecule has 0 unspecified atom stereocenters. The number of ether oxygens (including phenoxy) is 1. The van der Waals surface area contributed by atoms with E-state index < -0.39 is 0 Å². The monoisotopic (exact) mass is 424 g/mol. The van der Waals surface area contributed by atoms with Gasteiger partial charge in [-0.25, -0.2) is 0 Å². The summed E-state index contributed by atoms with van der Waals surface area (Å²) in [5.41, 5.74) is 1.55. The number of anilines is 1. The van der Waals surface area contributed by atoms with Crippen LogP contribution in [0.1, 0.15) is 5.56 Å². The Morgan fingerprint density at radius 3 is 2.65 bits per heavy atom. The summed E-state index contributed by atoms with van der Waals surface area (Å²) in [5.74, 6) is 0.610. The Balaban J connectivity index is 1.72. The molecule has 1 fully saturated rings. The lowest BCUT2D eigenvalue weighted by Gasteiger charge is -2.17. The van der Waals surface area contributed by atoms with Gasteiger partial charge in [-0.05, 0) is 42.0 Å². The number of rotatable bonds is 5. The Kier molecular flexibility index (Phi) is 6.09. The lowest BCUT2D eigenvalue weighted by molar-refractivity contribution is -0.121. The second-order valence-corrected chi connectivity index (χ2v) is 7.86. The summed E-state index contributed by atoms with van der Waals surface area (Å²) in [6, 6.07) is 12.6. The van der Waals surface area contributed by atoms with Crippen molar-refractivity contribution in [1.82, 2.24) is 4.90 Å². The molecule has 1 aliphatic rings. The fourth-order valence-corrected chi connectivity index (χ4v) is 3.90. The highest BCUT2D eigenvalue weighted by Crippen LogP contribution is 2.33. The maximum Gasteiger partial charge on any atom is 0.267 e. The van der Waals surface area contributed by atoms with Crippen LogP contribution >= 0.6 is 47.2 Å². The number of halogens is 2. The van der Waals surface area contributed by atoms with Crippen molar-refractivity contribution >= 4 is 69.2 Å². The molecular formula is C18H14Cl2N2O2S2. The number of thioether (sulfide) groups is 1. The maximum absolute atomic E-state index is 12.6. The van der Waals surface area contributed by atoms with Crippen molar-refractivity contribution in [3.05, 3.63) is 63.0 Å². The number of nitrogens with zero attached hydrogens (tertiary/aromatic N) is 1. The van der Waals surface area contributed by atoms with Gasteiger partial charge >= 0.3 is 0 Å². The molecule has 0 spiro atoms. The van der Waals surface area contributed by atoms with Gasteiger partial charge in [0.05, 0.1) is 29.4 Å². The minimum absolute atomic E-state index is 0.151. The summed E-state index contributed by atoms with van der Waals surface area (Å²) >= 11 is 18.7. The fraction of sp³-hybridized carbons (Fsp3) is 0.111. The summed E-state index contributed by atoms with van der Waals surface area (Å²) < 4.78 is 5.62. The largest absolute Gasteiger partial charge is 0.497 e. The molecule has 26 heavy (non-hydrogen) atoms. The van der Waals surface area contributed by atoms with Crippen molar-refractivity contribution in [1.29, 1.82) is 0 Å². The topological polar surface area (TPSA) is 41.6 Å². The van der Waals surface area contributed by atoms with Crippen LogP contribution in [0, 0.1) is 0 Å². The van der Waals surface area contributed by atoms with Gasteiger partial charge in [0.25, 0.3) is 5.91 Å². The van der Waals surface area contributed by atoms with Gasteiger partial charge < -0.3 is 10.1 Å². The smallest absolute Gasteiger partial charge is 0.267 e. The molecule has 8 heteroatoms. The van der Waals surface area contributed by atoms with Gasteiger partial charge in [-0.15, -0.1) is 0 Å². The van der Waals surface area contributed by atoms with Crippen LogP contribution in [0.2, 0.25) is 10.0 Å². The van der Waals surface area contributed by atoms with E-state index in [9.17, 15) is 4.79 Å². The highest BCUT2D eigenvalue weighted by Gasteiger charge is 2.31. The minimum Gasteiger partial charge on any atom is -0.497 e. The van der Waals surface area contributed by atoms with Gasteiger partial charge in [0, 0.05) is 5.02 Å². The molecule has 0 saturated carbocycles. The SMILES string of the molecule is COc1ccc(/C=C2/SC(=S)N(CNc3cc(Cl)ccc3Cl)C2=O)cc1. The molecule has 1 aliphatic heterocycles. The molecule has 1 saturated heterocycles. The third-order valence-electron chi connectivity index (χ3n) is 3.64. The molecule has 0 atom stereocenters. The second-order valence-electron chi connectivity index (χ2n) is 5.34. The van der Waals surface area contributed by atoms with E-state index in [0.29, 0.717) is 25.0 Å². The first-order chi connectivity index (χ1) is 12.5. The Bertz CT molecular complexity index is 885. The first-order valence-corrected chi connectivity index (χ1v) is 9.54. The number of hydrogen-bond donors (Lipinski definition) is 1. The first-order valence-electron chi connectivity index (χ1n) is 7.56. The second kappa shape index (κ2) is 8.31. The van der Waals surface area contributed by atoms with Gasteiger partial charge in [0.2, 0.25) is 0 Å². The number of carbonyl (C=O) groups is 1. The van der Waals surface area contributed by atoms with Gasteiger partial charge in [-0.3, -0.25) is 9.69 Å². The molecule has 1 heterocycles. The van der Waals surface area contributed by atoms with Crippen LogP contribution in [0.3, 0.4) is 0 Å². The Labute approximate surface area is 171 Å². The van der Waals surface area contributed by atoms with Crippen molar-refractivity contribution in [2.75, 3.05) is 19.1 Å². The molecule has 4 nitrogen and oxygen atoms in total. The highest BCUT2D eigenvalue weighted by molar-refractivity contribution is 8.26. The van der Waals surface area contributed by atoms with Gasteiger partial charge in [-0.2, -0.15) is 0 Å². The Morgan fingerprint density at radius 1 is 1.23 bits per heavy atom. The van der Waals surface area contributed by atoms with E-state index in [1.807, 2.05) is 30.3 Å². The van der Waals surface area contributed by atoms with Crippen LogP contribution in [0.5, 0.6) is 5.75 Å². The molecule has 0 radical (unpaired) electrons. The van der Waals surface area contributed by atoms with Crippen LogP contribution in [-0.2, 0) is 4.79 Å². The Hall–Kier alpha value is -1.73. The van der Waals surface area contributed by atoms with Crippen molar-refractivity contribution in [2.24, 2.45) is 0 Å². The molecular weight excluding hydrogens is 411 g/mol. The van der Waals surface area contributed by atoms with Crippen molar-refractivity contribution in [3.63, 3.8) is 0 Å². The highest BCUT2D eigenvalue weighted by atomic mass is 35.5. The normalized spacial score (nSPS) is 15.7. The van der Waals surface area contributed by atoms with E-state index in [1.54, 1.807) is 25.3 Å². The van der Waals surface area contributed by atoms with Crippen LogP contribution in [-0.4, -0.2) is 28.9 Å². The average Bonchev–Trinajstić information content (AvgIpc) is 2.90. The van der Waals surface area contributed by atoms with E-state index >= 15 is 0 Å². The quantitative estimate of drug-likeness (QED) is 0.522. The van der Waals surface area contributed by atoms with Crippen LogP contribution in [0.15, 0.2) is 47.4 Å². The van der Waals surface area contributed by atoms with Crippen LogP contribution in [0.25, 0.3) is 6.08 Å². The van der Waals surface area contributed by atoms with Crippen molar-refractivity contribution in [2.45, 2.75) is 0 Å². The number of carbonyl (C=O) groups excluding carboxylic acids is 1. The standard InChI is InChI=1S/C18H14Cl2N2O2S2/c1-24-13-5-2-11(3-6-13)8-16-17(23)22(18(25)26-16)10-21-15-9-12(19)4-7-14(15)20/h2-9,21H,10H2,1H3/b16-8+. The number of thiocarbonyl (C=S) groups is 1. The number of hydrogen-bond acceptors (Lipinski definition) is 5. The van der Waals surface area contributed by atoms with E-state index in [4.69, 9.17) is 40.2 Å². The number of nitrogens with one attached hydrogen (secondary N) is 1. The van der Waals surface area contributed by atoms with E-state index in [1.165, 1.54) is 16.7 Å². The summed E-state index contributed by atoms with van der Waals surface area (Å²) in [7, 11) is 1.61. The zero-order valence-electron chi connectivity index (χ0n) is 13.7. The number of amides is 1. The summed E-state index contributed by atoms with van der Waals surface area (Å²) in [6.45, 7) is 0.213. The zero-order valence-corrected chi connectivity index (χ0v) is 16.8. The molecule has 3 rings (SSSR count). The predicted octanol–water partition coefficient (Wildman–Crippen LogP) is 5.27.